The van der Waals surface area contributed by atoms with E-state index < -0.39 is 0 Å². The van der Waals surface area contributed by atoms with Crippen LogP contribution >= 0.6 is 11.6 Å². The molecule has 0 spiro atoms. The quantitative estimate of drug-likeness (QED) is 0.845. The average Bonchev–Trinajstić information content (AvgIpc) is 2.57. The third-order valence-electron chi connectivity index (χ3n) is 4.30. The van der Waals surface area contributed by atoms with Gasteiger partial charge in [0, 0.05) is 50.7 Å². The molecule has 5 nitrogen and oxygen atoms in total. The number of pyridine rings is 1. The number of anilines is 1. The second-order valence-electron chi connectivity index (χ2n) is 5.69. The number of aldehydes is 1. The smallest absolute Gasteiger partial charge is 0.124 e. The van der Waals surface area contributed by atoms with Crippen LogP contribution in [0.4, 0.5) is 5.69 Å². The van der Waals surface area contributed by atoms with Crippen molar-refractivity contribution < 1.29 is 9.90 Å². The fourth-order valence-electron chi connectivity index (χ4n) is 3.17. The van der Waals surface area contributed by atoms with E-state index in [1.165, 1.54) is 0 Å². The molecule has 23 heavy (non-hydrogen) atoms. The highest BCUT2D eigenvalue weighted by atomic mass is 35.5. The molecule has 1 fully saturated rings. The maximum absolute atomic E-state index is 11.1. The lowest BCUT2D eigenvalue weighted by molar-refractivity contribution is -0.107. The number of hydrogen-bond acceptors (Lipinski definition) is 5. The summed E-state index contributed by atoms with van der Waals surface area (Å²) in [7, 11) is 0. The van der Waals surface area contributed by atoms with E-state index in [9.17, 15) is 4.79 Å². The van der Waals surface area contributed by atoms with Crippen LogP contribution in [0, 0.1) is 0 Å². The van der Waals surface area contributed by atoms with Gasteiger partial charge < -0.3 is 14.8 Å². The SMILES string of the molecule is O=CCc1cc(Cl)c2cccnc2c1N1CCN(CCO)CC1. The van der Waals surface area contributed by atoms with Crippen molar-refractivity contribution in [3.63, 3.8) is 0 Å². The van der Waals surface area contributed by atoms with Gasteiger partial charge in [-0.3, -0.25) is 9.88 Å². The van der Waals surface area contributed by atoms with Crippen molar-refractivity contribution in [2.24, 2.45) is 0 Å². The molecule has 1 aromatic carbocycles. The number of β-amino-alcohol motifs (C(OH)–C–C–N with tert-alkyl or cyclic N) is 1. The van der Waals surface area contributed by atoms with Crippen LogP contribution in [-0.4, -0.2) is 60.6 Å². The summed E-state index contributed by atoms with van der Waals surface area (Å²) in [6.07, 6.45) is 3.00. The second kappa shape index (κ2) is 7.25. The van der Waals surface area contributed by atoms with E-state index in [2.05, 4.69) is 14.8 Å². The minimum absolute atomic E-state index is 0.182. The van der Waals surface area contributed by atoms with E-state index in [0.29, 0.717) is 18.0 Å². The highest BCUT2D eigenvalue weighted by molar-refractivity contribution is 6.36. The molecule has 2 heterocycles. The van der Waals surface area contributed by atoms with E-state index in [1.807, 2.05) is 18.2 Å². The van der Waals surface area contributed by atoms with Gasteiger partial charge in [-0.05, 0) is 23.8 Å². The monoisotopic (exact) mass is 333 g/mol. The third-order valence-corrected chi connectivity index (χ3v) is 4.62. The first-order valence-corrected chi connectivity index (χ1v) is 8.20. The molecule has 2 aromatic rings. The summed E-state index contributed by atoms with van der Waals surface area (Å²) in [6.45, 7) is 4.35. The number of piperazine rings is 1. The van der Waals surface area contributed by atoms with Crippen molar-refractivity contribution in [1.82, 2.24) is 9.88 Å². The summed E-state index contributed by atoms with van der Waals surface area (Å²) < 4.78 is 0. The molecule has 1 aliphatic rings. The van der Waals surface area contributed by atoms with Crippen LogP contribution in [0.5, 0.6) is 0 Å². The van der Waals surface area contributed by atoms with E-state index in [1.54, 1.807) is 6.20 Å². The van der Waals surface area contributed by atoms with Crippen LogP contribution in [0.1, 0.15) is 5.56 Å². The molecule has 0 amide bonds. The molecule has 1 N–H and O–H groups in total. The van der Waals surface area contributed by atoms with E-state index in [-0.39, 0.29) is 6.61 Å². The molecule has 6 heteroatoms. The zero-order valence-electron chi connectivity index (χ0n) is 12.9. The number of carbonyl (C=O) groups excluding carboxylic acids is 1. The molecule has 3 rings (SSSR count). The van der Waals surface area contributed by atoms with E-state index >= 15 is 0 Å². The lowest BCUT2D eigenvalue weighted by Gasteiger charge is -2.37. The van der Waals surface area contributed by atoms with Crippen LogP contribution in [-0.2, 0) is 11.2 Å². The van der Waals surface area contributed by atoms with Gasteiger partial charge in [-0.25, -0.2) is 0 Å². The van der Waals surface area contributed by atoms with Gasteiger partial charge >= 0.3 is 0 Å². The molecule has 0 bridgehead atoms. The van der Waals surface area contributed by atoms with E-state index in [0.717, 1.165) is 54.6 Å². The van der Waals surface area contributed by atoms with Crippen molar-refractivity contribution in [3.8, 4) is 0 Å². The molecule has 122 valence electrons. The summed E-state index contributed by atoms with van der Waals surface area (Å²) in [5.41, 5.74) is 2.79. The standard InChI is InChI=1S/C17H20ClN3O2/c18-15-12-13(3-10-22)17(16-14(15)2-1-4-19-16)21-7-5-20(6-8-21)9-11-23/h1-2,4,10,12,23H,3,5-9,11H2. The van der Waals surface area contributed by atoms with Crippen LogP contribution < -0.4 is 4.90 Å². The molecule has 0 atom stereocenters. The van der Waals surface area contributed by atoms with Crippen LogP contribution in [0.2, 0.25) is 5.02 Å². The van der Waals surface area contributed by atoms with Crippen molar-refractivity contribution >= 4 is 34.5 Å². The molecular formula is C17H20ClN3O2. The summed E-state index contributed by atoms with van der Waals surface area (Å²) in [4.78, 5) is 20.1. The number of benzene rings is 1. The number of nitrogens with zero attached hydrogens (tertiary/aromatic N) is 3. The minimum Gasteiger partial charge on any atom is -0.395 e. The topological polar surface area (TPSA) is 56.7 Å². The Morgan fingerprint density at radius 3 is 2.78 bits per heavy atom. The molecular weight excluding hydrogens is 314 g/mol. The van der Waals surface area contributed by atoms with Crippen molar-refractivity contribution in [2.75, 3.05) is 44.2 Å². The summed E-state index contributed by atoms with van der Waals surface area (Å²) >= 11 is 6.36. The average molecular weight is 334 g/mol. The van der Waals surface area contributed by atoms with Gasteiger partial charge in [0.05, 0.1) is 22.8 Å². The Hall–Kier alpha value is -1.69. The summed E-state index contributed by atoms with van der Waals surface area (Å²) in [6, 6.07) is 5.72. The molecule has 1 aromatic heterocycles. The van der Waals surface area contributed by atoms with Crippen molar-refractivity contribution in [2.45, 2.75) is 6.42 Å². The first-order valence-electron chi connectivity index (χ1n) is 7.82. The number of carbonyl (C=O) groups is 1. The molecule has 0 aliphatic carbocycles. The highest BCUT2D eigenvalue weighted by Crippen LogP contribution is 2.35. The Balaban J connectivity index is 2.00. The third kappa shape index (κ3) is 3.32. The number of rotatable bonds is 5. The zero-order valence-corrected chi connectivity index (χ0v) is 13.7. The number of hydrogen-bond donors (Lipinski definition) is 1. The molecule has 0 unspecified atom stereocenters. The number of aliphatic hydroxyl groups is 1. The van der Waals surface area contributed by atoms with Crippen LogP contribution in [0.15, 0.2) is 24.4 Å². The van der Waals surface area contributed by atoms with Crippen molar-refractivity contribution in [1.29, 1.82) is 0 Å². The van der Waals surface area contributed by atoms with Crippen LogP contribution in [0.25, 0.3) is 10.9 Å². The largest absolute Gasteiger partial charge is 0.395 e. The van der Waals surface area contributed by atoms with Gasteiger partial charge in [0.2, 0.25) is 0 Å². The fourth-order valence-corrected chi connectivity index (χ4v) is 3.46. The minimum atomic E-state index is 0.182. The molecule has 1 saturated heterocycles. The number of aliphatic hydroxyl groups excluding tert-OH is 1. The van der Waals surface area contributed by atoms with Gasteiger partial charge in [-0.2, -0.15) is 0 Å². The predicted molar refractivity (Wildman–Crippen MR) is 92.3 cm³/mol. The maximum Gasteiger partial charge on any atom is 0.124 e. The van der Waals surface area contributed by atoms with Gasteiger partial charge in [-0.15, -0.1) is 0 Å². The Morgan fingerprint density at radius 1 is 1.30 bits per heavy atom. The molecule has 0 saturated carbocycles. The van der Waals surface area contributed by atoms with E-state index in [4.69, 9.17) is 16.7 Å². The Bertz CT molecular complexity index is 700. The zero-order chi connectivity index (χ0) is 16.2. The number of halogens is 1. The first-order chi connectivity index (χ1) is 11.2. The van der Waals surface area contributed by atoms with Gasteiger partial charge in [0.15, 0.2) is 0 Å². The molecule has 1 aliphatic heterocycles. The first kappa shape index (κ1) is 16.2. The normalized spacial score (nSPS) is 16.0. The molecule has 0 radical (unpaired) electrons. The van der Waals surface area contributed by atoms with Crippen molar-refractivity contribution in [3.05, 3.63) is 35.0 Å². The van der Waals surface area contributed by atoms with Gasteiger partial charge in [0.1, 0.15) is 6.29 Å². The van der Waals surface area contributed by atoms with Gasteiger partial charge in [0.25, 0.3) is 0 Å². The summed E-state index contributed by atoms with van der Waals surface area (Å²) in [5, 5.41) is 10.6. The van der Waals surface area contributed by atoms with Crippen LogP contribution in [0.3, 0.4) is 0 Å². The summed E-state index contributed by atoms with van der Waals surface area (Å²) in [5.74, 6) is 0. The lowest BCUT2D eigenvalue weighted by Crippen LogP contribution is -2.47. The highest BCUT2D eigenvalue weighted by Gasteiger charge is 2.22. The second-order valence-corrected chi connectivity index (χ2v) is 6.10. The predicted octanol–water partition coefficient (Wildman–Crippen LogP) is 1.74. The maximum atomic E-state index is 11.1. The number of fused-ring (bicyclic) bond motifs is 1. The Labute approximate surface area is 140 Å². The lowest BCUT2D eigenvalue weighted by atomic mass is 10.0. The Morgan fingerprint density at radius 2 is 2.09 bits per heavy atom. The Kier molecular flexibility index (Phi) is 5.10. The number of aromatic nitrogens is 1. The fraction of sp³-hybridized carbons (Fsp3) is 0.412. The van der Waals surface area contributed by atoms with Gasteiger partial charge in [-0.1, -0.05) is 11.6 Å².